The van der Waals surface area contributed by atoms with Crippen LogP contribution in [-0.4, -0.2) is 29.0 Å². The van der Waals surface area contributed by atoms with Gasteiger partial charge in [-0.15, -0.1) is 0 Å². The summed E-state index contributed by atoms with van der Waals surface area (Å²) in [5, 5.41) is 0.0933. The number of ether oxygens (including phenoxy) is 1. The molecule has 0 aliphatic heterocycles. The number of benzene rings is 1. The molecule has 18 heavy (non-hydrogen) atoms. The number of halogens is 2. The first-order chi connectivity index (χ1) is 8.56. The van der Waals surface area contributed by atoms with E-state index in [-0.39, 0.29) is 11.3 Å². The molecule has 2 aromatic rings. The van der Waals surface area contributed by atoms with Crippen LogP contribution in [-0.2, 0) is 0 Å². The molecule has 1 heterocycles. The average molecular weight is 330 g/mol. The summed E-state index contributed by atoms with van der Waals surface area (Å²) in [7, 11) is 3.63. The third-order valence-electron chi connectivity index (χ3n) is 2.01. The minimum atomic E-state index is 0.0933. The Labute approximate surface area is 118 Å². The van der Waals surface area contributed by atoms with Gasteiger partial charge < -0.3 is 9.64 Å². The van der Waals surface area contributed by atoms with E-state index in [2.05, 4.69) is 30.9 Å². The molecule has 2 rings (SSSR count). The number of hydrogen-bond donors (Lipinski definition) is 0. The lowest BCUT2D eigenvalue weighted by Gasteiger charge is -2.11. The van der Waals surface area contributed by atoms with Crippen molar-refractivity contribution in [2.75, 3.05) is 19.0 Å². The molecule has 0 N–H and O–H groups in total. The highest BCUT2D eigenvalue weighted by Crippen LogP contribution is 2.28. The number of para-hydroxylation sites is 1. The van der Waals surface area contributed by atoms with E-state index in [1.54, 1.807) is 11.0 Å². The molecule has 0 bridgehead atoms. The van der Waals surface area contributed by atoms with Gasteiger partial charge in [0.05, 0.1) is 4.47 Å². The van der Waals surface area contributed by atoms with Gasteiger partial charge in [0.2, 0.25) is 11.2 Å². The van der Waals surface area contributed by atoms with Crippen LogP contribution in [0.25, 0.3) is 0 Å². The molecule has 7 heteroatoms. The van der Waals surface area contributed by atoms with Gasteiger partial charge in [-0.1, -0.05) is 12.1 Å². The standard InChI is InChI=1S/C11H10BrClN4O/c1-17(2)10-14-9(13)15-11(16-10)18-8-6-4-3-5-7(8)12/h3-6H,1-2H3. The Hall–Kier alpha value is -1.40. The maximum Gasteiger partial charge on any atom is 0.328 e. The molecule has 1 aromatic heterocycles. The molecule has 0 radical (unpaired) electrons. The summed E-state index contributed by atoms with van der Waals surface area (Å²) in [4.78, 5) is 13.8. The molecule has 0 atom stereocenters. The van der Waals surface area contributed by atoms with E-state index < -0.39 is 0 Å². The molecule has 0 amide bonds. The molecule has 0 spiro atoms. The van der Waals surface area contributed by atoms with Crippen molar-refractivity contribution in [2.24, 2.45) is 0 Å². The first kappa shape index (κ1) is 13.0. The molecule has 0 saturated carbocycles. The Morgan fingerprint density at radius 3 is 2.56 bits per heavy atom. The summed E-state index contributed by atoms with van der Waals surface area (Å²) in [6, 6.07) is 7.58. The molecular formula is C11H10BrClN4O. The van der Waals surface area contributed by atoms with Crippen LogP contribution in [0.1, 0.15) is 0 Å². The van der Waals surface area contributed by atoms with Crippen molar-refractivity contribution >= 4 is 33.5 Å². The lowest BCUT2D eigenvalue weighted by molar-refractivity contribution is 0.437. The van der Waals surface area contributed by atoms with Crippen LogP contribution in [0.4, 0.5) is 5.95 Å². The van der Waals surface area contributed by atoms with Gasteiger partial charge in [0.15, 0.2) is 0 Å². The van der Waals surface area contributed by atoms with Crippen LogP contribution in [0, 0.1) is 0 Å². The highest BCUT2D eigenvalue weighted by atomic mass is 79.9. The van der Waals surface area contributed by atoms with Crippen molar-refractivity contribution in [3.8, 4) is 11.8 Å². The van der Waals surface area contributed by atoms with Crippen LogP contribution in [0.5, 0.6) is 11.8 Å². The zero-order chi connectivity index (χ0) is 13.1. The smallest absolute Gasteiger partial charge is 0.328 e. The molecule has 0 saturated heterocycles. The highest BCUT2D eigenvalue weighted by Gasteiger charge is 2.09. The lowest BCUT2D eigenvalue weighted by Crippen LogP contribution is -2.13. The zero-order valence-corrected chi connectivity index (χ0v) is 12.1. The summed E-state index contributed by atoms with van der Waals surface area (Å²) in [6.45, 7) is 0. The van der Waals surface area contributed by atoms with E-state index in [9.17, 15) is 0 Å². The fourth-order valence-corrected chi connectivity index (χ4v) is 1.71. The van der Waals surface area contributed by atoms with Gasteiger partial charge in [-0.2, -0.15) is 15.0 Å². The van der Waals surface area contributed by atoms with Crippen LogP contribution in [0.3, 0.4) is 0 Å². The van der Waals surface area contributed by atoms with Crippen molar-refractivity contribution in [3.05, 3.63) is 34.0 Å². The van der Waals surface area contributed by atoms with E-state index in [4.69, 9.17) is 16.3 Å². The SMILES string of the molecule is CN(C)c1nc(Cl)nc(Oc2ccccc2Br)n1. The Balaban J connectivity index is 2.32. The first-order valence-corrected chi connectivity index (χ1v) is 6.24. The van der Waals surface area contributed by atoms with Crippen LogP contribution in [0.15, 0.2) is 28.7 Å². The molecule has 1 aromatic carbocycles. The van der Waals surface area contributed by atoms with Gasteiger partial charge in [0.25, 0.3) is 0 Å². The van der Waals surface area contributed by atoms with Crippen LogP contribution >= 0.6 is 27.5 Å². The zero-order valence-electron chi connectivity index (χ0n) is 9.76. The average Bonchev–Trinajstić information content (AvgIpc) is 2.31. The van der Waals surface area contributed by atoms with Gasteiger partial charge in [0, 0.05) is 14.1 Å². The van der Waals surface area contributed by atoms with E-state index in [0.29, 0.717) is 11.7 Å². The number of rotatable bonds is 3. The van der Waals surface area contributed by atoms with Gasteiger partial charge in [-0.25, -0.2) is 0 Å². The fraction of sp³-hybridized carbons (Fsp3) is 0.182. The molecular weight excluding hydrogens is 320 g/mol. The van der Waals surface area contributed by atoms with Crippen LogP contribution < -0.4 is 9.64 Å². The van der Waals surface area contributed by atoms with Crippen LogP contribution in [0.2, 0.25) is 5.28 Å². The molecule has 0 aliphatic carbocycles. The maximum absolute atomic E-state index is 5.82. The second-order valence-corrected chi connectivity index (χ2v) is 4.81. The third-order valence-corrected chi connectivity index (χ3v) is 2.84. The van der Waals surface area contributed by atoms with E-state index in [1.165, 1.54) is 0 Å². The first-order valence-electron chi connectivity index (χ1n) is 5.07. The van der Waals surface area contributed by atoms with Crippen molar-refractivity contribution in [3.63, 3.8) is 0 Å². The Bertz CT molecular complexity index is 564. The molecule has 0 fully saturated rings. The Morgan fingerprint density at radius 2 is 1.89 bits per heavy atom. The summed E-state index contributed by atoms with van der Waals surface area (Å²) in [6.07, 6.45) is 0. The van der Waals surface area contributed by atoms with E-state index in [1.807, 2.05) is 32.3 Å². The van der Waals surface area contributed by atoms with Crippen molar-refractivity contribution in [1.82, 2.24) is 15.0 Å². The predicted molar refractivity (Wildman–Crippen MR) is 73.4 cm³/mol. The summed E-state index contributed by atoms with van der Waals surface area (Å²) >= 11 is 9.20. The predicted octanol–water partition coefficient (Wildman–Crippen LogP) is 3.15. The fourth-order valence-electron chi connectivity index (χ4n) is 1.19. The minimum Gasteiger partial charge on any atom is -0.423 e. The topological polar surface area (TPSA) is 51.1 Å². The van der Waals surface area contributed by atoms with Gasteiger partial charge in [0.1, 0.15) is 5.75 Å². The highest BCUT2D eigenvalue weighted by molar-refractivity contribution is 9.10. The summed E-state index contributed by atoms with van der Waals surface area (Å²) < 4.78 is 6.37. The summed E-state index contributed by atoms with van der Waals surface area (Å²) in [5.41, 5.74) is 0. The number of nitrogens with zero attached hydrogens (tertiary/aromatic N) is 4. The van der Waals surface area contributed by atoms with Crippen molar-refractivity contribution < 1.29 is 4.74 Å². The van der Waals surface area contributed by atoms with Crippen molar-refractivity contribution in [1.29, 1.82) is 0 Å². The Morgan fingerprint density at radius 1 is 1.17 bits per heavy atom. The third kappa shape index (κ3) is 3.08. The maximum atomic E-state index is 5.82. The lowest BCUT2D eigenvalue weighted by atomic mass is 10.3. The molecule has 94 valence electrons. The number of anilines is 1. The quantitative estimate of drug-likeness (QED) is 0.866. The minimum absolute atomic E-state index is 0.0933. The Kier molecular flexibility index (Phi) is 3.98. The second kappa shape index (κ2) is 5.49. The number of aromatic nitrogens is 3. The summed E-state index contributed by atoms with van der Waals surface area (Å²) in [5.74, 6) is 1.06. The van der Waals surface area contributed by atoms with Gasteiger partial charge in [-0.3, -0.25) is 0 Å². The van der Waals surface area contributed by atoms with E-state index in [0.717, 1.165) is 4.47 Å². The number of hydrogen-bond acceptors (Lipinski definition) is 5. The van der Waals surface area contributed by atoms with E-state index >= 15 is 0 Å². The monoisotopic (exact) mass is 328 g/mol. The van der Waals surface area contributed by atoms with Gasteiger partial charge >= 0.3 is 6.01 Å². The molecule has 0 aliphatic rings. The van der Waals surface area contributed by atoms with Gasteiger partial charge in [-0.05, 0) is 39.7 Å². The largest absolute Gasteiger partial charge is 0.423 e. The molecule has 5 nitrogen and oxygen atoms in total. The second-order valence-electron chi connectivity index (χ2n) is 3.61. The molecule has 0 unspecified atom stereocenters. The normalized spacial score (nSPS) is 10.2. The van der Waals surface area contributed by atoms with Crippen molar-refractivity contribution in [2.45, 2.75) is 0 Å².